The van der Waals surface area contributed by atoms with Crippen molar-refractivity contribution in [3.8, 4) is 0 Å². The van der Waals surface area contributed by atoms with Crippen molar-refractivity contribution < 1.29 is 13.6 Å². The number of hydrogen-bond acceptors (Lipinski definition) is 2. The van der Waals surface area contributed by atoms with E-state index in [1.807, 2.05) is 18.2 Å². The topological polar surface area (TPSA) is 46.3 Å². The molecule has 21 heavy (non-hydrogen) atoms. The highest BCUT2D eigenvalue weighted by molar-refractivity contribution is 5.94. The molecule has 0 radical (unpaired) electrons. The smallest absolute Gasteiger partial charge is 0.257 e. The van der Waals surface area contributed by atoms with Gasteiger partial charge in [-0.3, -0.25) is 4.79 Å². The normalized spacial score (nSPS) is 13.9. The van der Waals surface area contributed by atoms with Gasteiger partial charge in [-0.05, 0) is 41.8 Å². The zero-order valence-corrected chi connectivity index (χ0v) is 11.3. The first kappa shape index (κ1) is 13.5. The van der Waals surface area contributed by atoms with Crippen LogP contribution < -0.4 is 5.73 Å². The zero-order chi connectivity index (χ0) is 15.0. The zero-order valence-electron chi connectivity index (χ0n) is 11.3. The van der Waals surface area contributed by atoms with Gasteiger partial charge in [0.1, 0.15) is 11.6 Å². The molecule has 0 saturated heterocycles. The molecule has 0 atom stereocenters. The quantitative estimate of drug-likeness (QED) is 0.820. The van der Waals surface area contributed by atoms with Gasteiger partial charge in [0.05, 0.1) is 5.56 Å². The Bertz CT molecular complexity index is 715. The van der Waals surface area contributed by atoms with Crippen molar-refractivity contribution in [2.24, 2.45) is 0 Å². The first-order chi connectivity index (χ1) is 10.0. The van der Waals surface area contributed by atoms with Gasteiger partial charge in [0.15, 0.2) is 0 Å². The number of hydrogen-bond donors (Lipinski definition) is 1. The van der Waals surface area contributed by atoms with Gasteiger partial charge >= 0.3 is 0 Å². The lowest BCUT2D eigenvalue weighted by Crippen LogP contribution is -2.36. The third kappa shape index (κ3) is 2.59. The summed E-state index contributed by atoms with van der Waals surface area (Å²) >= 11 is 0. The first-order valence-corrected chi connectivity index (χ1v) is 6.66. The van der Waals surface area contributed by atoms with Crippen LogP contribution in [0.5, 0.6) is 0 Å². The van der Waals surface area contributed by atoms with Crippen LogP contribution in [0.3, 0.4) is 0 Å². The summed E-state index contributed by atoms with van der Waals surface area (Å²) in [5.41, 5.74) is 8.39. The van der Waals surface area contributed by atoms with E-state index in [9.17, 15) is 13.6 Å². The average Bonchev–Trinajstić information content (AvgIpc) is 2.46. The van der Waals surface area contributed by atoms with Gasteiger partial charge in [-0.2, -0.15) is 0 Å². The Morgan fingerprint density at radius 2 is 1.90 bits per heavy atom. The maximum absolute atomic E-state index is 13.7. The van der Waals surface area contributed by atoms with Gasteiger partial charge in [-0.1, -0.05) is 6.07 Å². The first-order valence-electron chi connectivity index (χ1n) is 6.66. The van der Waals surface area contributed by atoms with Crippen LogP contribution in [-0.2, 0) is 13.0 Å². The molecule has 0 bridgehead atoms. The summed E-state index contributed by atoms with van der Waals surface area (Å²) in [6.45, 7) is 0.891. The fraction of sp³-hybridized carbons (Fsp3) is 0.188. The molecule has 1 aliphatic heterocycles. The van der Waals surface area contributed by atoms with Crippen LogP contribution in [0.25, 0.3) is 0 Å². The molecule has 0 saturated carbocycles. The van der Waals surface area contributed by atoms with Gasteiger partial charge in [0.2, 0.25) is 0 Å². The number of benzene rings is 2. The van der Waals surface area contributed by atoms with Crippen LogP contribution in [0.15, 0.2) is 36.4 Å². The van der Waals surface area contributed by atoms with E-state index in [0.29, 0.717) is 25.2 Å². The molecule has 0 unspecified atom stereocenters. The summed E-state index contributed by atoms with van der Waals surface area (Å²) in [5.74, 6) is -1.96. The van der Waals surface area contributed by atoms with Crippen LogP contribution >= 0.6 is 0 Å². The molecule has 0 fully saturated rings. The van der Waals surface area contributed by atoms with E-state index in [1.165, 1.54) is 6.07 Å². The molecule has 3 rings (SSSR count). The van der Waals surface area contributed by atoms with Gasteiger partial charge < -0.3 is 10.6 Å². The molecule has 2 aromatic rings. The molecular weight excluding hydrogens is 274 g/mol. The van der Waals surface area contributed by atoms with Crippen molar-refractivity contribution in [3.63, 3.8) is 0 Å². The Labute approximate surface area is 121 Å². The summed E-state index contributed by atoms with van der Waals surface area (Å²) in [5, 5.41) is 0. The van der Waals surface area contributed by atoms with Crippen molar-refractivity contribution in [2.75, 3.05) is 12.3 Å². The molecule has 2 aromatic carbocycles. The fourth-order valence-corrected chi connectivity index (χ4v) is 2.58. The van der Waals surface area contributed by atoms with E-state index in [2.05, 4.69) is 0 Å². The van der Waals surface area contributed by atoms with Gasteiger partial charge in [-0.15, -0.1) is 0 Å². The highest BCUT2D eigenvalue weighted by Gasteiger charge is 2.24. The van der Waals surface area contributed by atoms with E-state index in [0.717, 1.165) is 23.3 Å². The molecule has 0 aliphatic carbocycles. The van der Waals surface area contributed by atoms with Crippen LogP contribution in [0.1, 0.15) is 21.5 Å². The highest BCUT2D eigenvalue weighted by atomic mass is 19.1. The molecule has 5 heteroatoms. The molecular formula is C16H14F2N2O. The second-order valence-electron chi connectivity index (χ2n) is 5.13. The average molecular weight is 288 g/mol. The Kier molecular flexibility index (Phi) is 3.33. The van der Waals surface area contributed by atoms with E-state index in [1.54, 1.807) is 4.90 Å². The van der Waals surface area contributed by atoms with Gasteiger partial charge in [0.25, 0.3) is 5.91 Å². The van der Waals surface area contributed by atoms with E-state index in [4.69, 9.17) is 5.73 Å². The lowest BCUT2D eigenvalue weighted by Gasteiger charge is -2.29. The van der Waals surface area contributed by atoms with Gasteiger partial charge in [-0.25, -0.2) is 8.78 Å². The van der Waals surface area contributed by atoms with E-state index in [-0.39, 0.29) is 5.56 Å². The number of nitrogen functional groups attached to an aromatic ring is 1. The number of nitrogens with zero attached hydrogens (tertiary/aromatic N) is 1. The summed E-state index contributed by atoms with van der Waals surface area (Å²) in [6.07, 6.45) is 0.699. The lowest BCUT2D eigenvalue weighted by molar-refractivity contribution is 0.0730. The summed E-state index contributed by atoms with van der Waals surface area (Å²) in [7, 11) is 0. The molecule has 1 aliphatic rings. The van der Waals surface area contributed by atoms with E-state index < -0.39 is 17.5 Å². The third-order valence-electron chi connectivity index (χ3n) is 3.69. The van der Waals surface area contributed by atoms with Crippen molar-refractivity contribution >= 4 is 11.6 Å². The summed E-state index contributed by atoms with van der Waals surface area (Å²) < 4.78 is 26.6. The minimum atomic E-state index is -0.835. The van der Waals surface area contributed by atoms with Crippen LogP contribution in [-0.4, -0.2) is 17.4 Å². The lowest BCUT2D eigenvalue weighted by atomic mass is 9.98. The second-order valence-corrected chi connectivity index (χ2v) is 5.13. The molecule has 1 amide bonds. The molecule has 3 nitrogen and oxygen atoms in total. The van der Waals surface area contributed by atoms with E-state index >= 15 is 0 Å². The Morgan fingerprint density at radius 3 is 2.67 bits per heavy atom. The number of carbonyl (C=O) groups excluding carboxylic acids is 1. The predicted octanol–water partition coefficient (Wildman–Crippen LogP) is 2.75. The predicted molar refractivity (Wildman–Crippen MR) is 75.7 cm³/mol. The Hall–Kier alpha value is -2.43. The standard InChI is InChI=1S/C16H14F2N2O/c17-12-2-4-14(15(18)8-12)16(21)20-6-5-10-1-3-13(19)7-11(10)9-20/h1-4,7-8H,5-6,9,19H2. The number of nitrogens with two attached hydrogens (primary N) is 1. The van der Waals surface area contributed by atoms with Crippen molar-refractivity contribution in [1.29, 1.82) is 0 Å². The molecule has 108 valence electrons. The third-order valence-corrected chi connectivity index (χ3v) is 3.69. The number of rotatable bonds is 1. The highest BCUT2D eigenvalue weighted by Crippen LogP contribution is 2.23. The number of amides is 1. The van der Waals surface area contributed by atoms with Crippen molar-refractivity contribution in [1.82, 2.24) is 4.90 Å². The fourth-order valence-electron chi connectivity index (χ4n) is 2.58. The summed E-state index contributed by atoms with van der Waals surface area (Å²) in [4.78, 5) is 13.9. The Morgan fingerprint density at radius 1 is 1.10 bits per heavy atom. The SMILES string of the molecule is Nc1ccc2c(c1)CN(C(=O)c1ccc(F)cc1F)CC2. The maximum atomic E-state index is 13.7. The van der Waals surface area contributed by atoms with Crippen LogP contribution in [0.2, 0.25) is 0 Å². The number of fused-ring (bicyclic) bond motifs is 1. The molecule has 1 heterocycles. The molecule has 0 aromatic heterocycles. The summed E-state index contributed by atoms with van der Waals surface area (Å²) in [6, 6.07) is 8.61. The van der Waals surface area contributed by atoms with Crippen molar-refractivity contribution in [3.05, 3.63) is 64.7 Å². The van der Waals surface area contributed by atoms with Crippen LogP contribution in [0.4, 0.5) is 14.5 Å². The van der Waals surface area contributed by atoms with Gasteiger partial charge in [0, 0.05) is 24.8 Å². The molecule has 0 spiro atoms. The minimum absolute atomic E-state index is 0.108. The second kappa shape index (κ2) is 5.16. The minimum Gasteiger partial charge on any atom is -0.399 e. The number of halogens is 2. The van der Waals surface area contributed by atoms with Crippen molar-refractivity contribution in [2.45, 2.75) is 13.0 Å². The molecule has 2 N–H and O–H groups in total. The largest absolute Gasteiger partial charge is 0.399 e. The number of carbonyl (C=O) groups is 1. The van der Waals surface area contributed by atoms with Crippen LogP contribution in [0, 0.1) is 11.6 Å². The number of anilines is 1. The monoisotopic (exact) mass is 288 g/mol. The Balaban J connectivity index is 1.87. The maximum Gasteiger partial charge on any atom is 0.257 e.